The fourth-order valence-corrected chi connectivity index (χ4v) is 5.30. The predicted octanol–water partition coefficient (Wildman–Crippen LogP) is 11.6. The quantitative estimate of drug-likeness (QED) is 0.0765. The number of nitrogens with two attached hydrogens (primary N) is 1. The maximum absolute atomic E-state index is 11.8. The molecule has 2 heteroatoms. The zero-order valence-electron chi connectivity index (χ0n) is 25.0. The summed E-state index contributed by atoms with van der Waals surface area (Å²) < 4.78 is 0. The van der Waals surface area contributed by atoms with E-state index in [0.717, 1.165) is 19.3 Å². The zero-order valence-corrected chi connectivity index (χ0v) is 25.0. The molecule has 0 saturated carbocycles. The molecule has 0 aliphatic carbocycles. The number of hydrogen-bond acceptors (Lipinski definition) is 1. The van der Waals surface area contributed by atoms with Crippen LogP contribution in [0.25, 0.3) is 0 Å². The van der Waals surface area contributed by atoms with Crippen molar-refractivity contribution in [3.05, 3.63) is 12.2 Å². The molecule has 0 bridgehead atoms. The third kappa shape index (κ3) is 27.8. The fourth-order valence-electron chi connectivity index (χ4n) is 5.30. The molecule has 2 nitrogen and oxygen atoms in total. The smallest absolute Gasteiger partial charge is 0.220 e. The molecule has 1 amide bonds. The third-order valence-electron chi connectivity index (χ3n) is 7.87. The SMILES string of the molecule is CCCCCCCCC=CCCCCCCC(CCCCCCCCCCCCCCCC)C(N)=O. The van der Waals surface area contributed by atoms with Crippen LogP contribution in [-0.4, -0.2) is 5.91 Å². The van der Waals surface area contributed by atoms with Gasteiger partial charge in [0.25, 0.3) is 0 Å². The molecule has 1 unspecified atom stereocenters. The number of allylic oxidation sites excluding steroid dienone is 2. The highest BCUT2D eigenvalue weighted by atomic mass is 16.1. The summed E-state index contributed by atoms with van der Waals surface area (Å²) in [6.07, 6.45) is 41.9. The van der Waals surface area contributed by atoms with E-state index in [2.05, 4.69) is 26.0 Å². The van der Waals surface area contributed by atoms with Crippen LogP contribution in [0.4, 0.5) is 0 Å². The van der Waals surface area contributed by atoms with Crippen molar-refractivity contribution in [1.29, 1.82) is 0 Å². The molecular weight excluding hydrogens is 438 g/mol. The molecule has 0 aromatic heterocycles. The number of amides is 1. The van der Waals surface area contributed by atoms with E-state index in [1.165, 1.54) is 161 Å². The van der Waals surface area contributed by atoms with Gasteiger partial charge in [-0.15, -0.1) is 0 Å². The summed E-state index contributed by atoms with van der Waals surface area (Å²) in [6, 6.07) is 0. The Balaban J connectivity index is 3.45. The first-order valence-electron chi connectivity index (χ1n) is 16.7. The molecule has 0 aliphatic rings. The molecule has 0 aliphatic heterocycles. The van der Waals surface area contributed by atoms with E-state index in [9.17, 15) is 4.79 Å². The van der Waals surface area contributed by atoms with Crippen molar-refractivity contribution < 1.29 is 4.79 Å². The van der Waals surface area contributed by atoms with Gasteiger partial charge in [0.05, 0.1) is 0 Å². The van der Waals surface area contributed by atoms with Crippen molar-refractivity contribution >= 4 is 5.91 Å². The van der Waals surface area contributed by atoms with E-state index in [1.807, 2.05) is 0 Å². The van der Waals surface area contributed by atoms with E-state index >= 15 is 0 Å². The number of carbonyl (C=O) groups excluding carboxylic acids is 1. The first-order chi connectivity index (χ1) is 17.7. The highest BCUT2D eigenvalue weighted by Crippen LogP contribution is 2.19. The van der Waals surface area contributed by atoms with Gasteiger partial charge in [-0.2, -0.15) is 0 Å². The lowest BCUT2D eigenvalue weighted by atomic mass is 9.93. The van der Waals surface area contributed by atoms with Crippen molar-refractivity contribution in [1.82, 2.24) is 0 Å². The largest absolute Gasteiger partial charge is 0.369 e. The Morgan fingerprint density at radius 3 is 1.06 bits per heavy atom. The Hall–Kier alpha value is -0.790. The van der Waals surface area contributed by atoms with E-state index < -0.39 is 0 Å². The highest BCUT2D eigenvalue weighted by Gasteiger charge is 2.14. The summed E-state index contributed by atoms with van der Waals surface area (Å²) in [7, 11) is 0. The van der Waals surface area contributed by atoms with Crippen LogP contribution in [0.2, 0.25) is 0 Å². The van der Waals surface area contributed by atoms with Gasteiger partial charge in [0.2, 0.25) is 5.91 Å². The van der Waals surface area contributed by atoms with Crippen LogP contribution in [0.15, 0.2) is 12.2 Å². The van der Waals surface area contributed by atoms with Gasteiger partial charge in [-0.3, -0.25) is 4.79 Å². The van der Waals surface area contributed by atoms with Crippen molar-refractivity contribution in [3.8, 4) is 0 Å². The van der Waals surface area contributed by atoms with E-state index in [-0.39, 0.29) is 11.8 Å². The number of hydrogen-bond donors (Lipinski definition) is 1. The maximum Gasteiger partial charge on any atom is 0.220 e. The Bertz CT molecular complexity index is 458. The molecule has 0 aromatic carbocycles. The van der Waals surface area contributed by atoms with E-state index in [0.29, 0.717) is 0 Å². The average Bonchev–Trinajstić information content (AvgIpc) is 2.87. The minimum Gasteiger partial charge on any atom is -0.369 e. The summed E-state index contributed by atoms with van der Waals surface area (Å²) in [5.74, 6) is 0.0434. The minimum atomic E-state index is -0.0673. The Morgan fingerprint density at radius 2 is 0.750 bits per heavy atom. The zero-order chi connectivity index (χ0) is 26.4. The summed E-state index contributed by atoms with van der Waals surface area (Å²) in [5, 5.41) is 0. The van der Waals surface area contributed by atoms with Crippen molar-refractivity contribution in [2.75, 3.05) is 0 Å². The predicted molar refractivity (Wildman–Crippen MR) is 162 cm³/mol. The summed E-state index contributed by atoms with van der Waals surface area (Å²) in [6.45, 7) is 4.57. The van der Waals surface area contributed by atoms with Crippen LogP contribution < -0.4 is 5.73 Å². The van der Waals surface area contributed by atoms with Crippen LogP contribution in [0.3, 0.4) is 0 Å². The second kappa shape index (κ2) is 30.4. The summed E-state index contributed by atoms with van der Waals surface area (Å²) in [4.78, 5) is 11.8. The molecule has 2 N–H and O–H groups in total. The summed E-state index contributed by atoms with van der Waals surface area (Å²) >= 11 is 0. The normalized spacial score (nSPS) is 12.5. The van der Waals surface area contributed by atoms with Crippen LogP contribution in [0.1, 0.15) is 194 Å². The lowest BCUT2D eigenvalue weighted by Gasteiger charge is -2.13. The Morgan fingerprint density at radius 1 is 0.472 bits per heavy atom. The third-order valence-corrected chi connectivity index (χ3v) is 7.87. The van der Waals surface area contributed by atoms with Crippen LogP contribution in [-0.2, 0) is 4.79 Å². The van der Waals surface area contributed by atoms with Gasteiger partial charge < -0.3 is 5.73 Å². The molecule has 1 atom stereocenters. The van der Waals surface area contributed by atoms with E-state index in [4.69, 9.17) is 5.73 Å². The molecule has 0 radical (unpaired) electrons. The van der Waals surface area contributed by atoms with Crippen LogP contribution in [0.5, 0.6) is 0 Å². The molecule has 36 heavy (non-hydrogen) atoms. The van der Waals surface area contributed by atoms with Gasteiger partial charge in [-0.1, -0.05) is 167 Å². The van der Waals surface area contributed by atoms with Crippen molar-refractivity contribution in [3.63, 3.8) is 0 Å². The second-order valence-electron chi connectivity index (χ2n) is 11.5. The first-order valence-corrected chi connectivity index (χ1v) is 16.7. The highest BCUT2D eigenvalue weighted by molar-refractivity contribution is 5.76. The molecule has 0 rings (SSSR count). The molecular formula is C34H67NO. The second-order valence-corrected chi connectivity index (χ2v) is 11.5. The maximum atomic E-state index is 11.8. The van der Waals surface area contributed by atoms with E-state index in [1.54, 1.807) is 0 Å². The van der Waals surface area contributed by atoms with Gasteiger partial charge in [-0.05, 0) is 38.5 Å². The molecule has 0 saturated heterocycles. The van der Waals surface area contributed by atoms with Gasteiger partial charge >= 0.3 is 0 Å². The molecule has 0 fully saturated rings. The van der Waals surface area contributed by atoms with Crippen molar-refractivity contribution in [2.24, 2.45) is 11.7 Å². The summed E-state index contributed by atoms with van der Waals surface area (Å²) in [5.41, 5.74) is 5.70. The number of rotatable bonds is 30. The lowest BCUT2D eigenvalue weighted by molar-refractivity contribution is -0.122. The van der Waals surface area contributed by atoms with Crippen LogP contribution >= 0.6 is 0 Å². The first kappa shape index (κ1) is 35.2. The standard InChI is InChI=1S/C34H67NO/c1-3-5-7-9-11-13-15-17-19-21-23-25-27-29-31-33(34(35)36)32-30-28-26-24-22-20-18-16-14-12-10-8-6-4-2/h17,19,33H,3-16,18,20-32H2,1-2H3,(H2,35,36). The molecule has 0 heterocycles. The average molecular weight is 506 g/mol. The van der Waals surface area contributed by atoms with Gasteiger partial charge in [0.1, 0.15) is 0 Å². The number of carbonyl (C=O) groups is 1. The van der Waals surface area contributed by atoms with Gasteiger partial charge in [-0.25, -0.2) is 0 Å². The lowest BCUT2D eigenvalue weighted by Crippen LogP contribution is -2.23. The van der Waals surface area contributed by atoms with Gasteiger partial charge in [0, 0.05) is 5.92 Å². The molecule has 0 spiro atoms. The molecule has 0 aromatic rings. The number of unbranched alkanes of at least 4 members (excludes halogenated alkanes) is 23. The van der Waals surface area contributed by atoms with Crippen LogP contribution in [0, 0.1) is 5.92 Å². The van der Waals surface area contributed by atoms with Gasteiger partial charge in [0.15, 0.2) is 0 Å². The Labute approximate surface area is 228 Å². The monoisotopic (exact) mass is 506 g/mol. The Kier molecular flexibility index (Phi) is 29.8. The topological polar surface area (TPSA) is 43.1 Å². The number of primary amides is 1. The fraction of sp³-hybridized carbons (Fsp3) is 0.912. The molecule has 214 valence electrons. The van der Waals surface area contributed by atoms with Crippen molar-refractivity contribution in [2.45, 2.75) is 194 Å². The minimum absolute atomic E-state index is 0.0673.